The molecule has 2 aromatic rings. The monoisotopic (exact) mass is 304 g/mol. The number of aromatic nitrogens is 1. The van der Waals surface area contributed by atoms with Gasteiger partial charge in [-0.1, -0.05) is 13.0 Å². The summed E-state index contributed by atoms with van der Waals surface area (Å²) in [5, 5.41) is 4.65. The first kappa shape index (κ1) is 15.8. The first-order valence-corrected chi connectivity index (χ1v) is 8.28. The number of thiazole rings is 1. The van der Waals surface area contributed by atoms with Crippen molar-refractivity contribution in [2.75, 3.05) is 5.32 Å². The third-order valence-corrected chi connectivity index (χ3v) is 4.72. The molecule has 2 rings (SSSR count). The van der Waals surface area contributed by atoms with Crippen LogP contribution in [0.2, 0.25) is 0 Å². The van der Waals surface area contributed by atoms with Crippen molar-refractivity contribution in [1.82, 2.24) is 4.98 Å². The first-order valence-electron chi connectivity index (χ1n) is 7.46. The van der Waals surface area contributed by atoms with E-state index in [0.717, 1.165) is 28.6 Å². The van der Waals surface area contributed by atoms with Gasteiger partial charge in [0.05, 0.1) is 22.8 Å². The maximum absolute atomic E-state index is 5.87. The van der Waals surface area contributed by atoms with Gasteiger partial charge in [-0.25, -0.2) is 4.98 Å². The van der Waals surface area contributed by atoms with Crippen LogP contribution in [0.3, 0.4) is 0 Å². The molecule has 1 N–H and O–H groups in total. The molecular weight excluding hydrogens is 280 g/mol. The standard InChI is InChI=1S/C17H24N2OS/c1-6-11(2)20-16-9-7-8-15(10-16)19-13(4)17-12(3)18-14(5)21-17/h7-11,13,19H,6H2,1-5H3. The quantitative estimate of drug-likeness (QED) is 0.805. The van der Waals surface area contributed by atoms with Gasteiger partial charge in [-0.3, -0.25) is 0 Å². The van der Waals surface area contributed by atoms with E-state index < -0.39 is 0 Å². The highest BCUT2D eigenvalue weighted by Gasteiger charge is 2.13. The van der Waals surface area contributed by atoms with Crippen LogP contribution in [0.1, 0.15) is 48.8 Å². The molecule has 1 heterocycles. The van der Waals surface area contributed by atoms with Gasteiger partial charge in [0, 0.05) is 16.6 Å². The van der Waals surface area contributed by atoms with Crippen molar-refractivity contribution in [3.05, 3.63) is 39.8 Å². The van der Waals surface area contributed by atoms with Crippen molar-refractivity contribution in [1.29, 1.82) is 0 Å². The number of hydrogen-bond donors (Lipinski definition) is 1. The molecule has 0 radical (unpaired) electrons. The van der Waals surface area contributed by atoms with E-state index in [1.165, 1.54) is 4.88 Å². The summed E-state index contributed by atoms with van der Waals surface area (Å²) in [6.45, 7) is 10.5. The number of rotatable bonds is 6. The Bertz CT molecular complexity index is 594. The Kier molecular flexibility index (Phi) is 5.23. The van der Waals surface area contributed by atoms with E-state index in [9.17, 15) is 0 Å². The molecule has 0 aliphatic rings. The van der Waals surface area contributed by atoms with Gasteiger partial charge in [0.1, 0.15) is 5.75 Å². The van der Waals surface area contributed by atoms with Crippen LogP contribution in [0.25, 0.3) is 0 Å². The minimum Gasteiger partial charge on any atom is -0.491 e. The molecule has 4 heteroatoms. The molecule has 3 nitrogen and oxygen atoms in total. The molecule has 1 aromatic carbocycles. The van der Waals surface area contributed by atoms with E-state index in [1.807, 2.05) is 12.1 Å². The summed E-state index contributed by atoms with van der Waals surface area (Å²) in [6, 6.07) is 8.41. The van der Waals surface area contributed by atoms with Gasteiger partial charge in [-0.2, -0.15) is 0 Å². The SMILES string of the molecule is CCC(C)Oc1cccc(NC(C)c2sc(C)nc2C)c1. The molecule has 0 aliphatic heterocycles. The smallest absolute Gasteiger partial charge is 0.121 e. The minimum atomic E-state index is 0.240. The molecule has 1 aromatic heterocycles. The Balaban J connectivity index is 2.09. The van der Waals surface area contributed by atoms with Gasteiger partial charge < -0.3 is 10.1 Å². The van der Waals surface area contributed by atoms with Crippen LogP contribution < -0.4 is 10.1 Å². The summed E-state index contributed by atoms with van der Waals surface area (Å²) in [5.74, 6) is 0.916. The van der Waals surface area contributed by atoms with E-state index >= 15 is 0 Å². The van der Waals surface area contributed by atoms with Crippen LogP contribution >= 0.6 is 11.3 Å². The summed E-state index contributed by atoms with van der Waals surface area (Å²) >= 11 is 1.76. The van der Waals surface area contributed by atoms with Crippen molar-refractivity contribution in [3.63, 3.8) is 0 Å². The van der Waals surface area contributed by atoms with Crippen LogP contribution in [-0.4, -0.2) is 11.1 Å². The Labute approximate surface area is 131 Å². The number of hydrogen-bond acceptors (Lipinski definition) is 4. The van der Waals surface area contributed by atoms with Crippen LogP contribution in [0.5, 0.6) is 5.75 Å². The molecular formula is C17H24N2OS. The second-order valence-corrected chi connectivity index (χ2v) is 6.65. The molecule has 0 bridgehead atoms. The summed E-state index contributed by atoms with van der Waals surface area (Å²) in [5.41, 5.74) is 2.19. The van der Waals surface area contributed by atoms with Gasteiger partial charge >= 0.3 is 0 Å². The summed E-state index contributed by atoms with van der Waals surface area (Å²) < 4.78 is 5.87. The number of ether oxygens (including phenoxy) is 1. The number of aryl methyl sites for hydroxylation is 2. The van der Waals surface area contributed by atoms with E-state index in [4.69, 9.17) is 4.74 Å². The number of nitrogens with zero attached hydrogens (tertiary/aromatic N) is 1. The topological polar surface area (TPSA) is 34.1 Å². The fourth-order valence-electron chi connectivity index (χ4n) is 2.24. The Morgan fingerprint density at radius 2 is 2.05 bits per heavy atom. The molecule has 0 saturated heterocycles. The van der Waals surface area contributed by atoms with Crippen molar-refractivity contribution >= 4 is 17.0 Å². The fraction of sp³-hybridized carbons (Fsp3) is 0.471. The lowest BCUT2D eigenvalue weighted by Crippen LogP contribution is -2.10. The zero-order valence-corrected chi connectivity index (χ0v) is 14.3. The van der Waals surface area contributed by atoms with Crippen LogP contribution in [0, 0.1) is 13.8 Å². The lowest BCUT2D eigenvalue weighted by Gasteiger charge is -2.17. The molecule has 0 spiro atoms. The summed E-state index contributed by atoms with van der Waals surface area (Å²) in [4.78, 5) is 5.79. The lowest BCUT2D eigenvalue weighted by molar-refractivity contribution is 0.217. The fourth-order valence-corrected chi connectivity index (χ4v) is 3.17. The third-order valence-electron chi connectivity index (χ3n) is 3.46. The highest BCUT2D eigenvalue weighted by molar-refractivity contribution is 7.11. The predicted octanol–water partition coefficient (Wildman–Crippen LogP) is 5.11. The molecule has 114 valence electrons. The molecule has 21 heavy (non-hydrogen) atoms. The Morgan fingerprint density at radius 3 is 2.67 bits per heavy atom. The van der Waals surface area contributed by atoms with Gasteiger partial charge in [-0.15, -0.1) is 11.3 Å². The summed E-state index contributed by atoms with van der Waals surface area (Å²) in [7, 11) is 0. The Hall–Kier alpha value is -1.55. The van der Waals surface area contributed by atoms with Gasteiger partial charge in [0.15, 0.2) is 0 Å². The second-order valence-electron chi connectivity index (χ2n) is 5.41. The minimum absolute atomic E-state index is 0.240. The van der Waals surface area contributed by atoms with Crippen LogP contribution in [-0.2, 0) is 0 Å². The van der Waals surface area contributed by atoms with Gasteiger partial charge in [-0.05, 0) is 46.2 Å². The maximum atomic E-state index is 5.87. The third kappa shape index (κ3) is 4.21. The normalized spacial score (nSPS) is 13.8. The highest BCUT2D eigenvalue weighted by Crippen LogP contribution is 2.28. The lowest BCUT2D eigenvalue weighted by atomic mass is 10.2. The first-order chi connectivity index (χ1) is 9.99. The predicted molar refractivity (Wildman–Crippen MR) is 90.4 cm³/mol. The zero-order valence-electron chi connectivity index (χ0n) is 13.4. The van der Waals surface area contributed by atoms with Gasteiger partial charge in [0.2, 0.25) is 0 Å². The average molecular weight is 304 g/mol. The van der Waals surface area contributed by atoms with E-state index in [2.05, 4.69) is 57.1 Å². The molecule has 2 unspecified atom stereocenters. The van der Waals surface area contributed by atoms with Crippen molar-refractivity contribution in [2.24, 2.45) is 0 Å². The average Bonchev–Trinajstić information content (AvgIpc) is 2.78. The number of nitrogens with one attached hydrogen (secondary N) is 1. The van der Waals surface area contributed by atoms with Gasteiger partial charge in [0.25, 0.3) is 0 Å². The maximum Gasteiger partial charge on any atom is 0.121 e. The molecule has 0 saturated carbocycles. The number of anilines is 1. The highest BCUT2D eigenvalue weighted by atomic mass is 32.1. The van der Waals surface area contributed by atoms with E-state index in [-0.39, 0.29) is 12.1 Å². The van der Waals surface area contributed by atoms with Crippen LogP contribution in [0.15, 0.2) is 24.3 Å². The summed E-state index contributed by atoms with van der Waals surface area (Å²) in [6.07, 6.45) is 1.25. The zero-order chi connectivity index (χ0) is 15.4. The van der Waals surface area contributed by atoms with E-state index in [0.29, 0.717) is 0 Å². The molecule has 0 fully saturated rings. The molecule has 0 amide bonds. The molecule has 2 atom stereocenters. The largest absolute Gasteiger partial charge is 0.491 e. The Morgan fingerprint density at radius 1 is 1.29 bits per heavy atom. The number of benzene rings is 1. The van der Waals surface area contributed by atoms with Crippen molar-refractivity contribution in [3.8, 4) is 5.75 Å². The van der Waals surface area contributed by atoms with Crippen LogP contribution in [0.4, 0.5) is 5.69 Å². The van der Waals surface area contributed by atoms with Crippen molar-refractivity contribution in [2.45, 2.75) is 53.2 Å². The second kappa shape index (κ2) is 6.94. The van der Waals surface area contributed by atoms with Crippen molar-refractivity contribution < 1.29 is 4.74 Å². The van der Waals surface area contributed by atoms with E-state index in [1.54, 1.807) is 11.3 Å². The molecule has 0 aliphatic carbocycles.